The molecular formula is C10H19N5O. The molecule has 0 aliphatic rings. The Morgan fingerprint density at radius 3 is 2.62 bits per heavy atom. The summed E-state index contributed by atoms with van der Waals surface area (Å²) >= 11 is 0. The van der Waals surface area contributed by atoms with Gasteiger partial charge in [-0.25, -0.2) is 0 Å². The highest BCUT2D eigenvalue weighted by atomic mass is 16.1. The first-order chi connectivity index (χ1) is 7.41. The minimum Gasteiger partial charge on any atom is -0.394 e. The third-order valence-corrected chi connectivity index (χ3v) is 2.13. The Labute approximate surface area is 95.2 Å². The molecule has 4 N–H and O–H groups in total. The van der Waals surface area contributed by atoms with E-state index in [1.165, 1.54) is 0 Å². The summed E-state index contributed by atoms with van der Waals surface area (Å²) in [6, 6.07) is 0.139. The second-order valence-corrected chi connectivity index (χ2v) is 4.05. The number of carbonyl (C=O) groups is 1. The number of carbonyl (C=O) groups excluding carboxylic acids is 1. The van der Waals surface area contributed by atoms with Gasteiger partial charge in [0.1, 0.15) is 5.82 Å². The van der Waals surface area contributed by atoms with Crippen LogP contribution in [0.4, 0.5) is 11.5 Å². The molecule has 1 amide bonds. The third-order valence-electron chi connectivity index (χ3n) is 2.13. The Morgan fingerprint density at radius 2 is 2.19 bits per heavy atom. The highest BCUT2D eigenvalue weighted by Gasteiger charge is 2.11. The van der Waals surface area contributed by atoms with Crippen LogP contribution in [0.2, 0.25) is 0 Å². The maximum Gasteiger partial charge on any atom is 0.239 e. The van der Waals surface area contributed by atoms with E-state index in [1.54, 1.807) is 11.7 Å². The summed E-state index contributed by atoms with van der Waals surface area (Å²) in [5, 5.41) is 9.90. The smallest absolute Gasteiger partial charge is 0.239 e. The van der Waals surface area contributed by atoms with E-state index in [0.717, 1.165) is 5.69 Å². The van der Waals surface area contributed by atoms with E-state index < -0.39 is 0 Å². The Morgan fingerprint density at radius 1 is 1.56 bits per heavy atom. The summed E-state index contributed by atoms with van der Waals surface area (Å²) in [4.78, 5) is 11.4. The molecular weight excluding hydrogens is 206 g/mol. The van der Waals surface area contributed by atoms with Gasteiger partial charge in [0.25, 0.3) is 0 Å². The SMILES string of the molecule is Cc1nn(C)c(NCC(=O)NC(C)C)c1N. The molecule has 0 bridgehead atoms. The van der Waals surface area contributed by atoms with E-state index in [4.69, 9.17) is 5.73 Å². The van der Waals surface area contributed by atoms with Crippen LogP contribution >= 0.6 is 0 Å². The Bertz CT molecular complexity index is 383. The molecule has 6 nitrogen and oxygen atoms in total. The van der Waals surface area contributed by atoms with Gasteiger partial charge < -0.3 is 16.4 Å². The van der Waals surface area contributed by atoms with Crippen molar-refractivity contribution in [2.45, 2.75) is 26.8 Å². The average molecular weight is 225 g/mol. The number of nitrogens with two attached hydrogens (primary N) is 1. The predicted octanol–water partition coefficient (Wildman–Crippen LogP) is 0.247. The second-order valence-electron chi connectivity index (χ2n) is 4.05. The molecule has 1 rings (SSSR count). The normalized spacial score (nSPS) is 10.6. The molecule has 0 aliphatic heterocycles. The molecule has 0 atom stereocenters. The Kier molecular flexibility index (Phi) is 3.76. The van der Waals surface area contributed by atoms with Crippen molar-refractivity contribution in [3.8, 4) is 0 Å². The fourth-order valence-corrected chi connectivity index (χ4v) is 1.42. The minimum atomic E-state index is -0.0618. The number of nitrogen functional groups attached to an aromatic ring is 1. The molecule has 6 heteroatoms. The fourth-order valence-electron chi connectivity index (χ4n) is 1.42. The largest absolute Gasteiger partial charge is 0.394 e. The first-order valence-electron chi connectivity index (χ1n) is 5.24. The zero-order chi connectivity index (χ0) is 12.3. The van der Waals surface area contributed by atoms with Gasteiger partial charge in [-0.3, -0.25) is 9.48 Å². The van der Waals surface area contributed by atoms with E-state index >= 15 is 0 Å². The molecule has 16 heavy (non-hydrogen) atoms. The van der Waals surface area contributed by atoms with E-state index in [-0.39, 0.29) is 18.5 Å². The van der Waals surface area contributed by atoms with Gasteiger partial charge in [0.2, 0.25) is 5.91 Å². The fraction of sp³-hybridized carbons (Fsp3) is 0.600. The van der Waals surface area contributed by atoms with Gasteiger partial charge in [-0.1, -0.05) is 0 Å². The molecule has 0 unspecified atom stereocenters. The van der Waals surface area contributed by atoms with Crippen LogP contribution in [0, 0.1) is 6.92 Å². The highest BCUT2D eigenvalue weighted by Crippen LogP contribution is 2.20. The molecule has 0 saturated carbocycles. The van der Waals surface area contributed by atoms with Crippen molar-refractivity contribution in [3.05, 3.63) is 5.69 Å². The highest BCUT2D eigenvalue weighted by molar-refractivity contribution is 5.81. The van der Waals surface area contributed by atoms with Crippen LogP contribution in [0.15, 0.2) is 0 Å². The van der Waals surface area contributed by atoms with Crippen molar-refractivity contribution in [2.75, 3.05) is 17.6 Å². The summed E-state index contributed by atoms with van der Waals surface area (Å²) in [6.45, 7) is 5.86. The molecule has 0 fully saturated rings. The second kappa shape index (κ2) is 4.87. The van der Waals surface area contributed by atoms with Crippen LogP contribution in [0.3, 0.4) is 0 Å². The lowest BCUT2D eigenvalue weighted by Gasteiger charge is -2.10. The number of rotatable bonds is 4. The molecule has 0 radical (unpaired) electrons. The maximum atomic E-state index is 11.4. The molecule has 0 aromatic carbocycles. The number of aromatic nitrogens is 2. The number of aryl methyl sites for hydroxylation is 2. The van der Waals surface area contributed by atoms with E-state index in [2.05, 4.69) is 15.7 Å². The van der Waals surface area contributed by atoms with Crippen LogP contribution in [-0.2, 0) is 11.8 Å². The number of hydrogen-bond donors (Lipinski definition) is 3. The first-order valence-corrected chi connectivity index (χ1v) is 5.24. The monoisotopic (exact) mass is 225 g/mol. The number of amides is 1. The molecule has 1 aromatic heterocycles. The zero-order valence-corrected chi connectivity index (χ0v) is 10.2. The lowest BCUT2D eigenvalue weighted by Crippen LogP contribution is -2.35. The topological polar surface area (TPSA) is 85.0 Å². The third kappa shape index (κ3) is 2.88. The van der Waals surface area contributed by atoms with Crippen molar-refractivity contribution in [1.29, 1.82) is 0 Å². The van der Waals surface area contributed by atoms with Crippen molar-refractivity contribution in [2.24, 2.45) is 7.05 Å². The summed E-state index contributed by atoms with van der Waals surface area (Å²) in [6.07, 6.45) is 0. The molecule has 0 aliphatic carbocycles. The summed E-state index contributed by atoms with van der Waals surface area (Å²) in [7, 11) is 1.78. The molecule has 1 heterocycles. The number of nitrogens with one attached hydrogen (secondary N) is 2. The number of anilines is 2. The predicted molar refractivity (Wildman–Crippen MR) is 64.1 cm³/mol. The lowest BCUT2D eigenvalue weighted by molar-refractivity contribution is -0.119. The summed E-state index contributed by atoms with van der Waals surface area (Å²) < 4.78 is 1.63. The standard InChI is InChI=1S/C10H19N5O/c1-6(2)13-8(16)5-12-10-9(11)7(3)14-15(10)4/h6,12H,5,11H2,1-4H3,(H,13,16). The van der Waals surface area contributed by atoms with Crippen LogP contribution in [0.25, 0.3) is 0 Å². The lowest BCUT2D eigenvalue weighted by atomic mass is 10.3. The molecule has 1 aromatic rings. The van der Waals surface area contributed by atoms with Gasteiger partial charge in [-0.15, -0.1) is 0 Å². The summed E-state index contributed by atoms with van der Waals surface area (Å²) in [5.74, 6) is 0.615. The zero-order valence-electron chi connectivity index (χ0n) is 10.2. The van der Waals surface area contributed by atoms with Crippen molar-refractivity contribution in [1.82, 2.24) is 15.1 Å². The van der Waals surface area contributed by atoms with E-state index in [0.29, 0.717) is 11.5 Å². The molecule has 0 spiro atoms. The van der Waals surface area contributed by atoms with Gasteiger partial charge in [0.15, 0.2) is 0 Å². The van der Waals surface area contributed by atoms with Gasteiger partial charge in [-0.2, -0.15) is 5.10 Å². The van der Waals surface area contributed by atoms with Crippen molar-refractivity contribution in [3.63, 3.8) is 0 Å². The van der Waals surface area contributed by atoms with Crippen molar-refractivity contribution >= 4 is 17.4 Å². The van der Waals surface area contributed by atoms with Crippen molar-refractivity contribution < 1.29 is 4.79 Å². The molecule has 90 valence electrons. The Balaban J connectivity index is 2.58. The number of hydrogen-bond acceptors (Lipinski definition) is 4. The Hall–Kier alpha value is -1.72. The maximum absolute atomic E-state index is 11.4. The first kappa shape index (κ1) is 12.4. The van der Waals surface area contributed by atoms with Gasteiger partial charge in [-0.05, 0) is 20.8 Å². The van der Waals surface area contributed by atoms with E-state index in [9.17, 15) is 4.79 Å². The van der Waals surface area contributed by atoms with Gasteiger partial charge >= 0.3 is 0 Å². The average Bonchev–Trinajstić information content (AvgIpc) is 2.38. The summed E-state index contributed by atoms with van der Waals surface area (Å²) in [5.41, 5.74) is 7.16. The van der Waals surface area contributed by atoms with Gasteiger partial charge in [0.05, 0.1) is 17.9 Å². The molecule has 0 saturated heterocycles. The van der Waals surface area contributed by atoms with E-state index in [1.807, 2.05) is 20.8 Å². The van der Waals surface area contributed by atoms with Crippen LogP contribution < -0.4 is 16.4 Å². The van der Waals surface area contributed by atoms with Gasteiger partial charge in [0, 0.05) is 13.1 Å². The quantitative estimate of drug-likeness (QED) is 0.685. The van der Waals surface area contributed by atoms with Crippen LogP contribution in [0.1, 0.15) is 19.5 Å². The minimum absolute atomic E-state index is 0.0618. The van der Waals surface area contributed by atoms with Crippen LogP contribution in [-0.4, -0.2) is 28.3 Å². The number of nitrogens with zero attached hydrogens (tertiary/aromatic N) is 2. The van der Waals surface area contributed by atoms with Crippen LogP contribution in [0.5, 0.6) is 0 Å².